The van der Waals surface area contributed by atoms with E-state index in [1.807, 2.05) is 47.2 Å². The number of nitrogens with zero attached hydrogens (tertiary/aromatic N) is 2. The van der Waals surface area contributed by atoms with Crippen molar-refractivity contribution in [3.05, 3.63) is 95.1 Å². The zero-order chi connectivity index (χ0) is 19.2. The quantitative estimate of drug-likeness (QED) is 0.522. The van der Waals surface area contributed by atoms with Gasteiger partial charge < -0.3 is 5.32 Å². The zero-order valence-corrected chi connectivity index (χ0v) is 16.0. The van der Waals surface area contributed by atoms with E-state index in [9.17, 15) is 4.79 Å². The Labute approximate surface area is 167 Å². The minimum absolute atomic E-state index is 0.0330. The van der Waals surface area contributed by atoms with Gasteiger partial charge in [0.1, 0.15) is 0 Å². The molecule has 138 valence electrons. The van der Waals surface area contributed by atoms with Crippen LogP contribution >= 0.6 is 11.3 Å². The molecule has 0 saturated heterocycles. The summed E-state index contributed by atoms with van der Waals surface area (Å²) in [6, 6.07) is 20.3. The molecule has 0 unspecified atom stereocenters. The lowest BCUT2D eigenvalue weighted by atomic mass is 10.0. The Bertz CT molecular complexity index is 1040. The maximum absolute atomic E-state index is 12.4. The maximum Gasteiger partial charge on any atom is 0.224 e. The average Bonchev–Trinajstić information content (AvgIpc) is 3.28. The molecule has 0 aliphatic carbocycles. The van der Waals surface area contributed by atoms with Gasteiger partial charge in [-0.05, 0) is 28.1 Å². The molecule has 4 nitrogen and oxygen atoms in total. The van der Waals surface area contributed by atoms with E-state index in [1.165, 1.54) is 5.56 Å². The number of thiophene rings is 1. The Hall–Kier alpha value is -3.31. The minimum Gasteiger partial charge on any atom is -0.350 e. The van der Waals surface area contributed by atoms with E-state index in [0.717, 1.165) is 28.1 Å². The highest BCUT2D eigenvalue weighted by atomic mass is 32.1. The van der Waals surface area contributed by atoms with Crippen molar-refractivity contribution in [2.24, 2.45) is 0 Å². The van der Waals surface area contributed by atoms with Crippen molar-refractivity contribution < 1.29 is 4.79 Å². The van der Waals surface area contributed by atoms with E-state index < -0.39 is 0 Å². The van der Waals surface area contributed by atoms with Crippen LogP contribution in [0.25, 0.3) is 22.4 Å². The van der Waals surface area contributed by atoms with Crippen LogP contribution in [0.4, 0.5) is 0 Å². The second-order valence-electron chi connectivity index (χ2n) is 6.38. The van der Waals surface area contributed by atoms with Crippen LogP contribution in [0.1, 0.15) is 11.3 Å². The van der Waals surface area contributed by atoms with Crippen LogP contribution < -0.4 is 5.32 Å². The molecule has 0 atom stereocenters. The van der Waals surface area contributed by atoms with Gasteiger partial charge in [-0.1, -0.05) is 54.6 Å². The Morgan fingerprint density at radius 3 is 2.36 bits per heavy atom. The van der Waals surface area contributed by atoms with E-state index in [1.54, 1.807) is 23.7 Å². The van der Waals surface area contributed by atoms with E-state index in [0.29, 0.717) is 13.0 Å². The van der Waals surface area contributed by atoms with E-state index in [-0.39, 0.29) is 5.91 Å². The molecule has 2 aromatic heterocycles. The number of amides is 1. The molecule has 0 aliphatic heterocycles. The Morgan fingerprint density at radius 2 is 1.61 bits per heavy atom. The minimum atomic E-state index is -0.0330. The van der Waals surface area contributed by atoms with Crippen molar-refractivity contribution in [2.75, 3.05) is 0 Å². The summed E-state index contributed by atoms with van der Waals surface area (Å²) in [7, 11) is 0. The third kappa shape index (κ3) is 4.32. The average molecular weight is 385 g/mol. The number of hydrogen-bond acceptors (Lipinski definition) is 4. The first-order chi connectivity index (χ1) is 13.8. The zero-order valence-electron chi connectivity index (χ0n) is 15.2. The van der Waals surface area contributed by atoms with Crippen LogP contribution in [-0.2, 0) is 17.8 Å². The van der Waals surface area contributed by atoms with Crippen LogP contribution in [-0.4, -0.2) is 15.9 Å². The third-order valence-electron chi connectivity index (χ3n) is 4.45. The largest absolute Gasteiger partial charge is 0.350 e. The molecule has 5 heteroatoms. The highest BCUT2D eigenvalue weighted by Crippen LogP contribution is 2.22. The normalized spacial score (nSPS) is 10.6. The monoisotopic (exact) mass is 385 g/mol. The van der Waals surface area contributed by atoms with Crippen molar-refractivity contribution in [1.29, 1.82) is 0 Å². The smallest absolute Gasteiger partial charge is 0.224 e. The van der Waals surface area contributed by atoms with Gasteiger partial charge in [0.25, 0.3) is 0 Å². The van der Waals surface area contributed by atoms with Crippen molar-refractivity contribution in [3.8, 4) is 22.4 Å². The molecule has 0 radical (unpaired) electrons. The first-order valence-electron chi connectivity index (χ1n) is 9.03. The van der Waals surface area contributed by atoms with E-state index in [2.05, 4.69) is 39.6 Å². The Morgan fingerprint density at radius 1 is 0.857 bits per heavy atom. The summed E-state index contributed by atoms with van der Waals surface area (Å²) in [4.78, 5) is 21.2. The Kier molecular flexibility index (Phi) is 5.54. The summed E-state index contributed by atoms with van der Waals surface area (Å²) in [6.07, 6.45) is 3.66. The first-order valence-corrected chi connectivity index (χ1v) is 9.97. The van der Waals surface area contributed by atoms with Crippen LogP contribution in [0.2, 0.25) is 0 Å². The van der Waals surface area contributed by atoms with E-state index in [4.69, 9.17) is 0 Å². The molecule has 4 aromatic rings. The van der Waals surface area contributed by atoms with Gasteiger partial charge in [-0.25, -0.2) is 0 Å². The molecule has 2 heterocycles. The fourth-order valence-electron chi connectivity index (χ4n) is 3.01. The van der Waals surface area contributed by atoms with Gasteiger partial charge in [0.15, 0.2) is 0 Å². The molecule has 4 rings (SSSR count). The Balaban J connectivity index is 1.38. The predicted octanol–water partition coefficient (Wildman–Crippen LogP) is 4.73. The molecular weight excluding hydrogens is 366 g/mol. The number of aromatic nitrogens is 2. The molecule has 0 fully saturated rings. The van der Waals surface area contributed by atoms with Crippen LogP contribution in [0.3, 0.4) is 0 Å². The lowest BCUT2D eigenvalue weighted by Gasteiger charge is -2.09. The van der Waals surface area contributed by atoms with Gasteiger partial charge in [0.05, 0.1) is 24.4 Å². The fraction of sp³-hybridized carbons (Fsp3) is 0.0870. The molecule has 1 amide bonds. The number of nitrogens with one attached hydrogen (secondary N) is 1. The number of hydrogen-bond donors (Lipinski definition) is 1. The van der Waals surface area contributed by atoms with Gasteiger partial charge >= 0.3 is 0 Å². The molecule has 0 saturated carbocycles. The predicted molar refractivity (Wildman–Crippen MR) is 113 cm³/mol. The second kappa shape index (κ2) is 8.59. The van der Waals surface area contributed by atoms with Crippen LogP contribution in [0.5, 0.6) is 0 Å². The summed E-state index contributed by atoms with van der Waals surface area (Å²) in [5.41, 5.74) is 5.91. The number of carbonyl (C=O) groups is 1. The number of benzene rings is 2. The third-order valence-corrected chi connectivity index (χ3v) is 5.13. The molecule has 2 aromatic carbocycles. The summed E-state index contributed by atoms with van der Waals surface area (Å²) < 4.78 is 0. The standard InChI is InChI=1S/C23H19N3OS/c27-22(14-17-6-8-19(9-7-17)18-4-2-1-3-5-18)26-15-21-23(25-12-11-24-21)20-10-13-28-16-20/h1-13,16H,14-15H2,(H,26,27). The van der Waals surface area contributed by atoms with Crippen LogP contribution in [0, 0.1) is 0 Å². The van der Waals surface area contributed by atoms with Crippen molar-refractivity contribution in [3.63, 3.8) is 0 Å². The van der Waals surface area contributed by atoms with Gasteiger partial charge in [-0.3, -0.25) is 14.8 Å². The summed E-state index contributed by atoms with van der Waals surface area (Å²) in [5.74, 6) is -0.0330. The molecule has 0 bridgehead atoms. The highest BCUT2D eigenvalue weighted by molar-refractivity contribution is 7.08. The highest BCUT2D eigenvalue weighted by Gasteiger charge is 2.10. The topological polar surface area (TPSA) is 54.9 Å². The SMILES string of the molecule is O=C(Cc1ccc(-c2ccccc2)cc1)NCc1nccnc1-c1ccsc1. The maximum atomic E-state index is 12.4. The van der Waals surface area contributed by atoms with Crippen molar-refractivity contribution >= 4 is 17.2 Å². The second-order valence-corrected chi connectivity index (χ2v) is 7.16. The summed E-state index contributed by atoms with van der Waals surface area (Å²) in [6.45, 7) is 0.361. The van der Waals surface area contributed by atoms with Gasteiger partial charge in [-0.15, -0.1) is 0 Å². The molecule has 0 aliphatic rings. The van der Waals surface area contributed by atoms with Gasteiger partial charge in [-0.2, -0.15) is 11.3 Å². The molecule has 28 heavy (non-hydrogen) atoms. The first kappa shape index (κ1) is 18.1. The lowest BCUT2D eigenvalue weighted by molar-refractivity contribution is -0.120. The fourth-order valence-corrected chi connectivity index (χ4v) is 3.65. The van der Waals surface area contributed by atoms with Crippen molar-refractivity contribution in [1.82, 2.24) is 15.3 Å². The number of carbonyl (C=O) groups excluding carboxylic acids is 1. The lowest BCUT2D eigenvalue weighted by Crippen LogP contribution is -2.25. The molecule has 0 spiro atoms. The van der Waals surface area contributed by atoms with Crippen molar-refractivity contribution in [2.45, 2.75) is 13.0 Å². The summed E-state index contributed by atoms with van der Waals surface area (Å²) >= 11 is 1.61. The summed E-state index contributed by atoms with van der Waals surface area (Å²) in [5, 5.41) is 6.99. The molecule has 1 N–H and O–H groups in total. The van der Waals surface area contributed by atoms with Gasteiger partial charge in [0, 0.05) is 23.3 Å². The van der Waals surface area contributed by atoms with Gasteiger partial charge in [0.2, 0.25) is 5.91 Å². The van der Waals surface area contributed by atoms with Crippen LogP contribution in [0.15, 0.2) is 83.8 Å². The number of rotatable bonds is 6. The molecular formula is C23H19N3OS. The van der Waals surface area contributed by atoms with E-state index >= 15 is 0 Å².